The maximum Gasteiger partial charge on any atom is 0.188 e. The Morgan fingerprint density at radius 1 is 1.00 bits per heavy atom. The maximum absolute atomic E-state index is 13.0. The van der Waals surface area contributed by atoms with Crippen molar-refractivity contribution in [3.8, 4) is 23.0 Å². The Hall–Kier alpha value is -3.15. The molecule has 0 N–H and O–H groups in total. The van der Waals surface area contributed by atoms with Crippen LogP contribution in [0.2, 0.25) is 0 Å². The van der Waals surface area contributed by atoms with Gasteiger partial charge in [-0.3, -0.25) is 4.79 Å². The van der Waals surface area contributed by atoms with E-state index in [2.05, 4.69) is 0 Å². The monoisotopic (exact) mass is 383 g/mol. The molecular weight excluding hydrogens is 358 g/mol. The van der Waals surface area contributed by atoms with E-state index in [1.54, 1.807) is 45.4 Å². The number of nitrogens with zero attached hydrogens (tertiary/aromatic N) is 1. The molecule has 0 radical (unpaired) electrons. The van der Waals surface area contributed by atoms with Crippen LogP contribution >= 0.6 is 0 Å². The van der Waals surface area contributed by atoms with Gasteiger partial charge in [0.2, 0.25) is 0 Å². The van der Waals surface area contributed by atoms with Crippen LogP contribution in [0.15, 0.2) is 35.9 Å². The van der Waals surface area contributed by atoms with Crippen LogP contribution in [0.4, 0.5) is 5.69 Å². The highest BCUT2D eigenvalue weighted by atomic mass is 16.6. The van der Waals surface area contributed by atoms with Crippen molar-refractivity contribution in [3.63, 3.8) is 0 Å². The molecule has 0 aromatic heterocycles. The fourth-order valence-electron chi connectivity index (χ4n) is 3.08. The number of carbonyl (C=O) groups is 1. The van der Waals surface area contributed by atoms with E-state index in [0.717, 1.165) is 17.0 Å². The molecule has 2 aromatic carbocycles. The number of fused-ring (bicyclic) bond motifs is 1. The standard InChI is InChI=1S/C22H25NO5/c1-14(22(24)15-6-7-18(25-4)17(11-15)23(2)3)10-16-12-20-21(13-19(16)26-5)28-9-8-27-20/h6-7,10-13H,8-9H2,1-5H3/b14-10+. The van der Waals surface area contributed by atoms with E-state index in [1.165, 1.54) is 0 Å². The Labute approximate surface area is 165 Å². The zero-order valence-electron chi connectivity index (χ0n) is 16.9. The predicted molar refractivity (Wildman–Crippen MR) is 109 cm³/mol. The summed E-state index contributed by atoms with van der Waals surface area (Å²) in [4.78, 5) is 14.9. The first-order chi connectivity index (χ1) is 13.4. The topological polar surface area (TPSA) is 57.2 Å². The quantitative estimate of drug-likeness (QED) is 0.558. The lowest BCUT2D eigenvalue weighted by atomic mass is 10.0. The Kier molecular flexibility index (Phi) is 5.78. The second-order valence-corrected chi connectivity index (χ2v) is 6.68. The van der Waals surface area contributed by atoms with E-state index in [4.69, 9.17) is 18.9 Å². The van der Waals surface area contributed by atoms with Crippen LogP contribution in [0.3, 0.4) is 0 Å². The summed E-state index contributed by atoms with van der Waals surface area (Å²) in [5.74, 6) is 2.58. The first-order valence-corrected chi connectivity index (χ1v) is 9.00. The van der Waals surface area contributed by atoms with E-state index in [0.29, 0.717) is 41.6 Å². The number of allylic oxidation sites excluding steroid dienone is 1. The molecule has 1 aliphatic rings. The van der Waals surface area contributed by atoms with Crippen molar-refractivity contribution in [3.05, 3.63) is 47.0 Å². The fourth-order valence-corrected chi connectivity index (χ4v) is 3.08. The molecule has 0 bridgehead atoms. The summed E-state index contributed by atoms with van der Waals surface area (Å²) < 4.78 is 22.1. The molecule has 0 amide bonds. The van der Waals surface area contributed by atoms with Gasteiger partial charge >= 0.3 is 0 Å². The van der Waals surface area contributed by atoms with Crippen LogP contribution in [-0.4, -0.2) is 47.3 Å². The number of rotatable bonds is 6. The lowest BCUT2D eigenvalue weighted by Crippen LogP contribution is -2.15. The van der Waals surface area contributed by atoms with Crippen LogP contribution in [0.25, 0.3) is 6.08 Å². The van der Waals surface area contributed by atoms with E-state index >= 15 is 0 Å². The van der Waals surface area contributed by atoms with Gasteiger partial charge in [-0.05, 0) is 42.8 Å². The molecule has 1 aliphatic heterocycles. The Morgan fingerprint density at radius 2 is 1.64 bits per heavy atom. The molecule has 0 unspecified atom stereocenters. The summed E-state index contributed by atoms with van der Waals surface area (Å²) in [5.41, 5.74) is 2.79. The molecular formula is C22H25NO5. The van der Waals surface area contributed by atoms with E-state index < -0.39 is 0 Å². The van der Waals surface area contributed by atoms with Crippen LogP contribution in [0.1, 0.15) is 22.8 Å². The minimum atomic E-state index is -0.0669. The third kappa shape index (κ3) is 3.91. The third-order valence-corrected chi connectivity index (χ3v) is 4.55. The fraction of sp³-hybridized carbons (Fsp3) is 0.318. The summed E-state index contributed by atoms with van der Waals surface area (Å²) >= 11 is 0. The lowest BCUT2D eigenvalue weighted by Gasteiger charge is -2.20. The highest BCUT2D eigenvalue weighted by Crippen LogP contribution is 2.38. The Morgan fingerprint density at radius 3 is 2.25 bits per heavy atom. The summed E-state index contributed by atoms with van der Waals surface area (Å²) in [6.45, 7) is 2.80. The van der Waals surface area contributed by atoms with Gasteiger partial charge in [0.15, 0.2) is 17.3 Å². The Balaban J connectivity index is 1.95. The molecule has 0 saturated carbocycles. The summed E-state index contributed by atoms with van der Waals surface area (Å²) in [6, 6.07) is 9.03. The van der Waals surface area contributed by atoms with Gasteiger partial charge in [-0.1, -0.05) is 0 Å². The highest BCUT2D eigenvalue weighted by molar-refractivity contribution is 6.11. The molecule has 1 heterocycles. The van der Waals surface area contributed by atoms with Crippen molar-refractivity contribution in [2.24, 2.45) is 0 Å². The number of benzene rings is 2. The number of hydrogen-bond acceptors (Lipinski definition) is 6. The maximum atomic E-state index is 13.0. The number of carbonyl (C=O) groups excluding carboxylic acids is 1. The van der Waals surface area contributed by atoms with E-state index in [-0.39, 0.29) is 5.78 Å². The molecule has 0 fully saturated rings. The number of ketones is 1. The molecule has 6 heteroatoms. The van der Waals surface area contributed by atoms with Gasteiger partial charge in [-0.2, -0.15) is 0 Å². The van der Waals surface area contributed by atoms with Gasteiger partial charge in [0.1, 0.15) is 24.7 Å². The molecule has 0 aliphatic carbocycles. The number of anilines is 1. The largest absolute Gasteiger partial charge is 0.496 e. The number of methoxy groups -OCH3 is 2. The molecule has 3 rings (SSSR count). The van der Waals surface area contributed by atoms with Crippen molar-refractivity contribution in [1.82, 2.24) is 0 Å². The van der Waals surface area contributed by atoms with Gasteiger partial charge in [0.05, 0.1) is 19.9 Å². The van der Waals surface area contributed by atoms with Gasteiger partial charge < -0.3 is 23.8 Å². The first-order valence-electron chi connectivity index (χ1n) is 9.00. The molecule has 0 atom stereocenters. The van der Waals surface area contributed by atoms with Gasteiger partial charge in [0, 0.05) is 31.3 Å². The predicted octanol–water partition coefficient (Wildman–Crippen LogP) is 3.83. The third-order valence-electron chi connectivity index (χ3n) is 4.55. The highest BCUT2D eigenvalue weighted by Gasteiger charge is 2.17. The second-order valence-electron chi connectivity index (χ2n) is 6.68. The van der Waals surface area contributed by atoms with Crippen LogP contribution in [-0.2, 0) is 0 Å². The van der Waals surface area contributed by atoms with Crippen molar-refractivity contribution >= 4 is 17.5 Å². The molecule has 6 nitrogen and oxygen atoms in total. The lowest BCUT2D eigenvalue weighted by molar-refractivity contribution is 0.103. The average Bonchev–Trinajstić information content (AvgIpc) is 2.71. The molecule has 2 aromatic rings. The number of ether oxygens (including phenoxy) is 4. The zero-order valence-corrected chi connectivity index (χ0v) is 16.9. The smallest absolute Gasteiger partial charge is 0.188 e. The summed E-state index contributed by atoms with van der Waals surface area (Å²) in [7, 11) is 7.03. The summed E-state index contributed by atoms with van der Waals surface area (Å²) in [6.07, 6.45) is 1.80. The minimum absolute atomic E-state index is 0.0669. The van der Waals surface area contributed by atoms with E-state index in [9.17, 15) is 4.79 Å². The molecule has 28 heavy (non-hydrogen) atoms. The van der Waals surface area contributed by atoms with Crippen molar-refractivity contribution in [1.29, 1.82) is 0 Å². The normalized spacial score (nSPS) is 13.1. The second kappa shape index (κ2) is 8.25. The van der Waals surface area contributed by atoms with Gasteiger partial charge in [-0.25, -0.2) is 0 Å². The Bertz CT molecular complexity index is 917. The SMILES string of the molecule is COc1cc2c(cc1/C=C(\C)C(=O)c1ccc(OC)c(N(C)C)c1)OCCO2. The number of hydrogen-bond donors (Lipinski definition) is 0. The van der Waals surface area contributed by atoms with Crippen LogP contribution < -0.4 is 23.8 Å². The van der Waals surface area contributed by atoms with Gasteiger partial charge in [-0.15, -0.1) is 0 Å². The summed E-state index contributed by atoms with van der Waals surface area (Å²) in [5, 5.41) is 0. The van der Waals surface area contributed by atoms with Crippen LogP contribution in [0, 0.1) is 0 Å². The number of Topliss-reactive ketones (excluding diaryl/α,β-unsaturated/α-hetero) is 1. The molecule has 148 valence electrons. The van der Waals surface area contributed by atoms with Gasteiger partial charge in [0.25, 0.3) is 0 Å². The zero-order chi connectivity index (χ0) is 20.3. The van der Waals surface area contributed by atoms with Crippen molar-refractivity contribution in [2.75, 3.05) is 46.4 Å². The molecule has 0 saturated heterocycles. The van der Waals surface area contributed by atoms with E-state index in [1.807, 2.05) is 31.1 Å². The molecule has 0 spiro atoms. The minimum Gasteiger partial charge on any atom is -0.496 e. The van der Waals surface area contributed by atoms with Crippen molar-refractivity contribution < 1.29 is 23.7 Å². The van der Waals surface area contributed by atoms with Crippen LogP contribution in [0.5, 0.6) is 23.0 Å². The van der Waals surface area contributed by atoms with Crippen molar-refractivity contribution in [2.45, 2.75) is 6.92 Å². The average molecular weight is 383 g/mol. The first kappa shape index (κ1) is 19.6.